The van der Waals surface area contributed by atoms with Gasteiger partial charge in [0.15, 0.2) is 0 Å². The van der Waals surface area contributed by atoms with Crippen molar-refractivity contribution in [3.05, 3.63) is 60.2 Å². The number of aromatic nitrogens is 2. The third-order valence-corrected chi connectivity index (χ3v) is 4.17. The van der Waals surface area contributed by atoms with E-state index in [1.807, 2.05) is 37.1 Å². The summed E-state index contributed by atoms with van der Waals surface area (Å²) >= 11 is 0. The van der Waals surface area contributed by atoms with Crippen LogP contribution in [0, 0.1) is 0 Å². The number of aryl methyl sites for hydroxylation is 1. The molecular weight excluding hydrogens is 300 g/mol. The quantitative estimate of drug-likeness (QED) is 0.801. The van der Waals surface area contributed by atoms with E-state index in [4.69, 9.17) is 0 Å². The third-order valence-electron chi connectivity index (χ3n) is 4.17. The maximum Gasteiger partial charge on any atom is 0.321 e. The summed E-state index contributed by atoms with van der Waals surface area (Å²) in [5, 5.41) is 5.02. The topological polar surface area (TPSA) is 50.2 Å². The number of fused-ring (bicyclic) bond motifs is 1. The largest absolute Gasteiger partial charge is 0.341 e. The fourth-order valence-electron chi connectivity index (χ4n) is 2.98. The lowest BCUT2D eigenvalue weighted by atomic mass is 10.0. The highest BCUT2D eigenvalue weighted by atomic mass is 16.2. The Hall–Kier alpha value is -2.82. The molecule has 0 aliphatic heterocycles. The molecular formula is C19H22N4O. The van der Waals surface area contributed by atoms with Crippen LogP contribution in [0.3, 0.4) is 0 Å². The average Bonchev–Trinajstić information content (AvgIpc) is 3.00. The predicted molar refractivity (Wildman–Crippen MR) is 97.4 cm³/mol. The van der Waals surface area contributed by atoms with Gasteiger partial charge in [-0.05, 0) is 35.4 Å². The lowest BCUT2D eigenvalue weighted by molar-refractivity contribution is 0.248. The number of urea groups is 1. The Morgan fingerprint density at radius 2 is 2.12 bits per heavy atom. The molecule has 5 nitrogen and oxygen atoms in total. The molecule has 3 rings (SSSR count). The zero-order chi connectivity index (χ0) is 17.1. The second kappa shape index (κ2) is 6.74. The molecule has 0 unspecified atom stereocenters. The van der Waals surface area contributed by atoms with Crippen molar-refractivity contribution in [3.8, 4) is 0 Å². The first-order valence-corrected chi connectivity index (χ1v) is 8.10. The van der Waals surface area contributed by atoms with Crippen molar-refractivity contribution in [1.82, 2.24) is 14.9 Å². The normalized spacial score (nSPS) is 10.8. The van der Waals surface area contributed by atoms with Crippen LogP contribution in [-0.4, -0.2) is 29.2 Å². The van der Waals surface area contributed by atoms with Crippen molar-refractivity contribution in [2.75, 3.05) is 18.5 Å². The maximum absolute atomic E-state index is 12.1. The minimum Gasteiger partial charge on any atom is -0.341 e. The first kappa shape index (κ1) is 16.1. The third kappa shape index (κ3) is 3.11. The number of nitrogens with one attached hydrogen (secondary N) is 1. The molecule has 1 heterocycles. The van der Waals surface area contributed by atoms with E-state index in [1.165, 1.54) is 10.9 Å². The monoisotopic (exact) mass is 322 g/mol. The molecule has 124 valence electrons. The number of hydrogen-bond donors (Lipinski definition) is 1. The Morgan fingerprint density at radius 3 is 2.79 bits per heavy atom. The molecule has 0 saturated carbocycles. The highest BCUT2D eigenvalue weighted by molar-refractivity contribution is 5.96. The lowest BCUT2D eigenvalue weighted by Gasteiger charge is -2.21. The predicted octanol–water partition coefficient (Wildman–Crippen LogP) is 3.33. The first-order chi connectivity index (χ1) is 11.6. The van der Waals surface area contributed by atoms with Gasteiger partial charge in [-0.1, -0.05) is 24.3 Å². The summed E-state index contributed by atoms with van der Waals surface area (Å²) in [6, 6.07) is 12.3. The number of amides is 2. The Balaban J connectivity index is 2.03. The summed E-state index contributed by atoms with van der Waals surface area (Å²) < 4.78 is 1.95. The molecule has 3 aromatic rings. The number of rotatable bonds is 4. The van der Waals surface area contributed by atoms with Crippen LogP contribution >= 0.6 is 0 Å². The van der Waals surface area contributed by atoms with Gasteiger partial charge >= 0.3 is 6.03 Å². The van der Waals surface area contributed by atoms with Crippen molar-refractivity contribution < 1.29 is 4.79 Å². The molecule has 0 radical (unpaired) electrons. The SMILES string of the molecule is CCN(C(=O)NC)c1ccc2cccc(Cc3cn(C)cn3)c2c1. The van der Waals surface area contributed by atoms with Gasteiger partial charge in [0.1, 0.15) is 0 Å². The van der Waals surface area contributed by atoms with Gasteiger partial charge in [0.25, 0.3) is 0 Å². The van der Waals surface area contributed by atoms with Crippen LogP contribution < -0.4 is 10.2 Å². The van der Waals surface area contributed by atoms with Crippen LogP contribution in [0.15, 0.2) is 48.9 Å². The van der Waals surface area contributed by atoms with Crippen molar-refractivity contribution in [2.45, 2.75) is 13.3 Å². The number of benzene rings is 2. The average molecular weight is 322 g/mol. The van der Waals surface area contributed by atoms with E-state index in [-0.39, 0.29) is 6.03 Å². The summed E-state index contributed by atoms with van der Waals surface area (Å²) in [4.78, 5) is 18.2. The van der Waals surface area contributed by atoms with Crippen LogP contribution in [0.1, 0.15) is 18.2 Å². The van der Waals surface area contributed by atoms with E-state index in [0.29, 0.717) is 6.54 Å². The van der Waals surface area contributed by atoms with E-state index in [9.17, 15) is 4.79 Å². The van der Waals surface area contributed by atoms with Crippen molar-refractivity contribution in [2.24, 2.45) is 7.05 Å². The van der Waals surface area contributed by atoms with E-state index >= 15 is 0 Å². The Kier molecular flexibility index (Phi) is 4.51. The fraction of sp³-hybridized carbons (Fsp3) is 0.263. The molecule has 2 aromatic carbocycles. The summed E-state index contributed by atoms with van der Waals surface area (Å²) in [7, 11) is 3.62. The van der Waals surface area contributed by atoms with Crippen LogP contribution in [0.4, 0.5) is 10.5 Å². The Bertz CT molecular complexity index is 869. The standard InChI is InChI=1S/C19H22N4O/c1-4-23(19(24)20-2)17-9-8-14-6-5-7-15(18(14)11-17)10-16-12-22(3)13-21-16/h5-9,11-13H,4,10H2,1-3H3,(H,20,24). The summed E-state index contributed by atoms with van der Waals surface area (Å²) in [6.45, 7) is 2.59. The van der Waals surface area contributed by atoms with Gasteiger partial charge in [0.2, 0.25) is 0 Å². The number of carbonyl (C=O) groups excluding carboxylic acids is 1. The van der Waals surface area contributed by atoms with Crippen molar-refractivity contribution in [3.63, 3.8) is 0 Å². The second-order valence-corrected chi connectivity index (χ2v) is 5.83. The van der Waals surface area contributed by atoms with Gasteiger partial charge in [-0.15, -0.1) is 0 Å². The molecule has 0 bridgehead atoms. The number of anilines is 1. The van der Waals surface area contributed by atoms with Crippen molar-refractivity contribution in [1.29, 1.82) is 0 Å². The van der Waals surface area contributed by atoms with Gasteiger partial charge in [-0.2, -0.15) is 0 Å². The van der Waals surface area contributed by atoms with E-state index in [1.54, 1.807) is 11.9 Å². The Morgan fingerprint density at radius 1 is 1.29 bits per heavy atom. The second-order valence-electron chi connectivity index (χ2n) is 5.83. The van der Waals surface area contributed by atoms with E-state index in [2.05, 4.69) is 40.6 Å². The molecule has 1 aromatic heterocycles. The van der Waals surface area contributed by atoms with Gasteiger partial charge in [-0.25, -0.2) is 9.78 Å². The van der Waals surface area contributed by atoms with Gasteiger partial charge in [-0.3, -0.25) is 4.90 Å². The Labute approximate surface area is 141 Å². The van der Waals surface area contributed by atoms with E-state index < -0.39 is 0 Å². The molecule has 0 fully saturated rings. The zero-order valence-electron chi connectivity index (χ0n) is 14.3. The summed E-state index contributed by atoms with van der Waals surface area (Å²) in [5.41, 5.74) is 3.15. The number of hydrogen-bond acceptors (Lipinski definition) is 2. The molecule has 5 heteroatoms. The molecule has 0 aliphatic rings. The van der Waals surface area contributed by atoms with Crippen LogP contribution in [0.25, 0.3) is 10.8 Å². The highest BCUT2D eigenvalue weighted by Crippen LogP contribution is 2.26. The maximum atomic E-state index is 12.1. The summed E-state index contributed by atoms with van der Waals surface area (Å²) in [6.07, 6.45) is 4.62. The van der Waals surface area contributed by atoms with Gasteiger partial charge < -0.3 is 9.88 Å². The zero-order valence-corrected chi connectivity index (χ0v) is 14.3. The first-order valence-electron chi connectivity index (χ1n) is 8.10. The van der Waals surface area contributed by atoms with Crippen LogP contribution in [-0.2, 0) is 13.5 Å². The highest BCUT2D eigenvalue weighted by Gasteiger charge is 2.13. The lowest BCUT2D eigenvalue weighted by Crippen LogP contribution is -2.37. The number of nitrogens with zero attached hydrogens (tertiary/aromatic N) is 3. The number of imidazole rings is 1. The smallest absolute Gasteiger partial charge is 0.321 e. The van der Waals surface area contributed by atoms with Gasteiger partial charge in [0, 0.05) is 38.9 Å². The minimum atomic E-state index is -0.0981. The molecule has 0 saturated heterocycles. The van der Waals surface area contributed by atoms with Gasteiger partial charge in [0.05, 0.1) is 12.0 Å². The molecule has 0 aliphatic carbocycles. The fourth-order valence-corrected chi connectivity index (χ4v) is 2.98. The molecule has 0 atom stereocenters. The number of carbonyl (C=O) groups is 1. The van der Waals surface area contributed by atoms with Crippen molar-refractivity contribution >= 4 is 22.5 Å². The molecule has 0 spiro atoms. The molecule has 1 N–H and O–H groups in total. The molecule has 24 heavy (non-hydrogen) atoms. The van der Waals surface area contributed by atoms with E-state index in [0.717, 1.165) is 23.2 Å². The summed E-state index contributed by atoms with van der Waals surface area (Å²) in [5.74, 6) is 0. The van der Waals surface area contributed by atoms with Crippen LogP contribution in [0.5, 0.6) is 0 Å². The molecule has 2 amide bonds. The minimum absolute atomic E-state index is 0.0981. The van der Waals surface area contributed by atoms with Crippen LogP contribution in [0.2, 0.25) is 0 Å².